The molecule has 0 aliphatic rings. The van der Waals surface area contributed by atoms with Crippen LogP contribution >= 0.6 is 22.9 Å². The Bertz CT molecular complexity index is 1020. The molecule has 0 atom stereocenters. The van der Waals surface area contributed by atoms with Crippen molar-refractivity contribution in [3.8, 4) is 11.3 Å². The molecule has 0 bridgehead atoms. The van der Waals surface area contributed by atoms with Gasteiger partial charge in [0.1, 0.15) is 5.69 Å². The molecule has 2 aromatic heterocycles. The Hall–Kier alpha value is -2.63. The fraction of sp³-hybridized carbons (Fsp3) is 0. The number of hydrogen-bond donors (Lipinski definition) is 2. The highest BCUT2D eigenvalue weighted by molar-refractivity contribution is 7.14. The molecule has 118 valence electrons. The maximum absolute atomic E-state index is 12.4. The zero-order valence-corrected chi connectivity index (χ0v) is 14.0. The zero-order chi connectivity index (χ0) is 16.5. The third-order valence-corrected chi connectivity index (χ3v) is 4.72. The number of anilines is 1. The number of thiazole rings is 1. The Balaban J connectivity index is 1.57. The highest BCUT2D eigenvalue weighted by Crippen LogP contribution is 2.26. The van der Waals surface area contributed by atoms with Crippen molar-refractivity contribution in [3.63, 3.8) is 0 Å². The SMILES string of the molecule is O=C(Nc1nc(-c2ccccc2)cs1)c1cc2cccc(Cl)c2[nH]1. The fourth-order valence-electron chi connectivity index (χ4n) is 2.48. The Kier molecular flexibility index (Phi) is 3.80. The van der Waals surface area contributed by atoms with Gasteiger partial charge in [-0.25, -0.2) is 4.98 Å². The van der Waals surface area contributed by atoms with Crippen molar-refractivity contribution in [2.45, 2.75) is 0 Å². The largest absolute Gasteiger partial charge is 0.349 e. The number of carbonyl (C=O) groups is 1. The van der Waals surface area contributed by atoms with Gasteiger partial charge in [0.15, 0.2) is 5.13 Å². The third-order valence-electron chi connectivity index (χ3n) is 3.64. The first-order valence-corrected chi connectivity index (χ1v) is 8.56. The molecule has 4 aromatic rings. The molecule has 4 nitrogen and oxygen atoms in total. The van der Waals surface area contributed by atoms with Crippen molar-refractivity contribution in [1.29, 1.82) is 0 Å². The van der Waals surface area contributed by atoms with Crippen LogP contribution in [0.4, 0.5) is 5.13 Å². The first kappa shape index (κ1) is 14.9. The van der Waals surface area contributed by atoms with E-state index in [1.165, 1.54) is 11.3 Å². The van der Waals surface area contributed by atoms with Crippen LogP contribution < -0.4 is 5.32 Å². The molecule has 0 saturated carbocycles. The first-order valence-electron chi connectivity index (χ1n) is 7.30. The second kappa shape index (κ2) is 6.11. The summed E-state index contributed by atoms with van der Waals surface area (Å²) in [5.74, 6) is -0.240. The van der Waals surface area contributed by atoms with Gasteiger partial charge in [0.25, 0.3) is 5.91 Å². The van der Waals surface area contributed by atoms with E-state index in [2.05, 4.69) is 15.3 Å². The molecule has 0 spiro atoms. The van der Waals surface area contributed by atoms with Gasteiger partial charge in [-0.3, -0.25) is 10.1 Å². The van der Waals surface area contributed by atoms with Gasteiger partial charge in [0.2, 0.25) is 0 Å². The number of halogens is 1. The summed E-state index contributed by atoms with van der Waals surface area (Å²) in [5.41, 5.74) is 3.07. The average molecular weight is 354 g/mol. The summed E-state index contributed by atoms with van der Waals surface area (Å²) < 4.78 is 0. The number of H-pyrrole nitrogens is 1. The molecule has 0 fully saturated rings. The molecule has 1 amide bonds. The normalized spacial score (nSPS) is 10.9. The van der Waals surface area contributed by atoms with Gasteiger partial charge in [0.05, 0.1) is 16.2 Å². The predicted octanol–water partition coefficient (Wildman–Crippen LogP) is 5.20. The van der Waals surface area contributed by atoms with Crippen molar-refractivity contribution < 1.29 is 4.79 Å². The Morgan fingerprint density at radius 2 is 1.96 bits per heavy atom. The number of aromatic amines is 1. The third kappa shape index (κ3) is 2.79. The molecular weight excluding hydrogens is 342 g/mol. The number of hydrogen-bond acceptors (Lipinski definition) is 3. The molecule has 0 unspecified atom stereocenters. The minimum Gasteiger partial charge on any atom is -0.349 e. The van der Waals surface area contributed by atoms with Crippen molar-refractivity contribution >= 4 is 44.9 Å². The highest BCUT2D eigenvalue weighted by Gasteiger charge is 2.13. The Morgan fingerprint density at radius 3 is 2.75 bits per heavy atom. The average Bonchev–Trinajstić information content (AvgIpc) is 3.23. The van der Waals surface area contributed by atoms with E-state index in [9.17, 15) is 4.79 Å². The van der Waals surface area contributed by atoms with Crippen molar-refractivity contribution in [2.75, 3.05) is 5.32 Å². The van der Waals surface area contributed by atoms with Crippen LogP contribution in [0.2, 0.25) is 5.02 Å². The van der Waals surface area contributed by atoms with E-state index >= 15 is 0 Å². The summed E-state index contributed by atoms with van der Waals surface area (Å²) in [5, 5.41) is 6.80. The molecule has 0 aliphatic heterocycles. The number of nitrogens with zero attached hydrogens (tertiary/aromatic N) is 1. The molecular formula is C18H12ClN3OS. The summed E-state index contributed by atoms with van der Waals surface area (Å²) in [6.45, 7) is 0. The summed E-state index contributed by atoms with van der Waals surface area (Å²) in [6.07, 6.45) is 0. The van der Waals surface area contributed by atoms with Crippen LogP contribution in [0, 0.1) is 0 Å². The summed E-state index contributed by atoms with van der Waals surface area (Å²) >= 11 is 7.53. The number of nitrogens with one attached hydrogen (secondary N) is 2. The monoisotopic (exact) mass is 353 g/mol. The highest BCUT2D eigenvalue weighted by atomic mass is 35.5. The quantitative estimate of drug-likeness (QED) is 0.532. The van der Waals surface area contributed by atoms with E-state index in [-0.39, 0.29) is 5.91 Å². The van der Waals surface area contributed by atoms with Crippen molar-refractivity contribution in [1.82, 2.24) is 9.97 Å². The fourth-order valence-corrected chi connectivity index (χ4v) is 3.42. The summed E-state index contributed by atoms with van der Waals surface area (Å²) in [7, 11) is 0. The molecule has 24 heavy (non-hydrogen) atoms. The van der Waals surface area contributed by atoms with E-state index in [0.717, 1.165) is 22.2 Å². The van der Waals surface area contributed by atoms with Gasteiger partial charge in [-0.05, 0) is 12.1 Å². The predicted molar refractivity (Wildman–Crippen MR) is 98.8 cm³/mol. The molecule has 2 heterocycles. The lowest BCUT2D eigenvalue weighted by atomic mass is 10.2. The summed E-state index contributed by atoms with van der Waals surface area (Å²) in [6, 6.07) is 17.2. The van der Waals surface area contributed by atoms with E-state index in [0.29, 0.717) is 15.8 Å². The molecule has 0 aliphatic carbocycles. The molecule has 0 saturated heterocycles. The van der Waals surface area contributed by atoms with Crippen molar-refractivity contribution in [3.05, 3.63) is 70.7 Å². The second-order valence-electron chi connectivity index (χ2n) is 5.25. The maximum atomic E-state index is 12.4. The van der Waals surface area contributed by atoms with Gasteiger partial charge >= 0.3 is 0 Å². The van der Waals surface area contributed by atoms with Gasteiger partial charge < -0.3 is 4.98 Å². The van der Waals surface area contributed by atoms with Gasteiger partial charge in [0, 0.05) is 16.3 Å². The Labute approximate surface area is 147 Å². The Morgan fingerprint density at radius 1 is 1.12 bits per heavy atom. The zero-order valence-electron chi connectivity index (χ0n) is 12.4. The minimum atomic E-state index is -0.240. The topological polar surface area (TPSA) is 57.8 Å². The number of rotatable bonds is 3. The number of benzene rings is 2. The van der Waals surface area contributed by atoms with Crippen LogP contribution in [0.25, 0.3) is 22.2 Å². The van der Waals surface area contributed by atoms with Crippen LogP contribution in [0.3, 0.4) is 0 Å². The van der Waals surface area contributed by atoms with E-state index in [4.69, 9.17) is 11.6 Å². The van der Waals surface area contributed by atoms with Gasteiger partial charge in [-0.15, -0.1) is 11.3 Å². The lowest BCUT2D eigenvalue weighted by Gasteiger charge is -1.99. The standard InChI is InChI=1S/C18H12ClN3OS/c19-13-8-4-7-12-9-14(20-16(12)13)17(23)22-18-21-15(10-24-18)11-5-2-1-3-6-11/h1-10,20H,(H,21,22,23). The molecule has 2 aromatic carbocycles. The van der Waals surface area contributed by atoms with Crippen LogP contribution in [0.5, 0.6) is 0 Å². The molecule has 6 heteroatoms. The first-order chi connectivity index (χ1) is 11.7. The van der Waals surface area contributed by atoms with Crippen LogP contribution in [0.15, 0.2) is 60.0 Å². The molecule has 2 N–H and O–H groups in total. The van der Waals surface area contributed by atoms with E-state index < -0.39 is 0 Å². The van der Waals surface area contributed by atoms with E-state index in [1.807, 2.05) is 47.8 Å². The molecule has 4 rings (SSSR count). The second-order valence-corrected chi connectivity index (χ2v) is 6.51. The van der Waals surface area contributed by atoms with Crippen LogP contribution in [-0.2, 0) is 0 Å². The minimum absolute atomic E-state index is 0.240. The van der Waals surface area contributed by atoms with Gasteiger partial charge in [-0.1, -0.05) is 54.1 Å². The lowest BCUT2D eigenvalue weighted by Crippen LogP contribution is -2.11. The van der Waals surface area contributed by atoms with Crippen LogP contribution in [0.1, 0.15) is 10.5 Å². The number of aromatic nitrogens is 2. The number of amides is 1. The van der Waals surface area contributed by atoms with E-state index in [1.54, 1.807) is 12.1 Å². The smallest absolute Gasteiger partial charge is 0.273 e. The summed E-state index contributed by atoms with van der Waals surface area (Å²) in [4.78, 5) is 19.9. The van der Waals surface area contributed by atoms with Crippen molar-refractivity contribution in [2.24, 2.45) is 0 Å². The maximum Gasteiger partial charge on any atom is 0.273 e. The number of para-hydroxylation sites is 1. The lowest BCUT2D eigenvalue weighted by molar-refractivity contribution is 0.102. The number of carbonyl (C=O) groups excluding carboxylic acids is 1. The van der Waals surface area contributed by atoms with Gasteiger partial charge in [-0.2, -0.15) is 0 Å². The number of fused-ring (bicyclic) bond motifs is 1. The molecule has 0 radical (unpaired) electrons. The van der Waals surface area contributed by atoms with Crippen LogP contribution in [-0.4, -0.2) is 15.9 Å².